The topological polar surface area (TPSA) is 66.1 Å². The zero-order valence-corrected chi connectivity index (χ0v) is 17.1. The van der Waals surface area contributed by atoms with Crippen LogP contribution in [0.4, 0.5) is 0 Å². The van der Waals surface area contributed by atoms with E-state index < -0.39 is 10.0 Å². The molecule has 4 rings (SSSR count). The summed E-state index contributed by atoms with van der Waals surface area (Å²) in [6.45, 7) is 2.90. The smallest absolute Gasteiger partial charge is 0.268 e. The first kappa shape index (κ1) is 18.7. The van der Waals surface area contributed by atoms with Gasteiger partial charge in [-0.05, 0) is 75.2 Å². The van der Waals surface area contributed by atoms with Crippen LogP contribution in [0, 0.1) is 24.2 Å². The normalized spacial score (nSPS) is 19.1. The first-order valence-electron chi connectivity index (χ1n) is 9.33. The van der Waals surface area contributed by atoms with Crippen LogP contribution in [0.3, 0.4) is 0 Å². The summed E-state index contributed by atoms with van der Waals surface area (Å²) in [5, 5.41) is 10.2. The lowest BCUT2D eigenvalue weighted by atomic mass is 10.1. The maximum Gasteiger partial charge on any atom is 0.268 e. The van der Waals surface area contributed by atoms with E-state index in [1.54, 1.807) is 42.6 Å². The molecule has 1 aliphatic rings. The van der Waals surface area contributed by atoms with E-state index in [2.05, 4.69) is 11.0 Å². The highest BCUT2D eigenvalue weighted by Gasteiger charge is 2.40. The second-order valence-corrected chi connectivity index (χ2v) is 9.72. The van der Waals surface area contributed by atoms with Gasteiger partial charge in [-0.2, -0.15) is 5.26 Å². The lowest BCUT2D eigenvalue weighted by Crippen LogP contribution is -2.15. The van der Waals surface area contributed by atoms with E-state index in [1.165, 1.54) is 3.97 Å². The van der Waals surface area contributed by atoms with Crippen molar-refractivity contribution in [3.63, 3.8) is 0 Å². The van der Waals surface area contributed by atoms with Crippen LogP contribution in [0.15, 0.2) is 53.6 Å². The van der Waals surface area contributed by atoms with E-state index in [4.69, 9.17) is 0 Å². The Hall–Kier alpha value is -2.62. The third-order valence-electron chi connectivity index (χ3n) is 5.43. The zero-order chi connectivity index (χ0) is 20.1. The summed E-state index contributed by atoms with van der Waals surface area (Å²) >= 11 is 0. The van der Waals surface area contributed by atoms with E-state index in [-0.39, 0.29) is 4.90 Å². The summed E-state index contributed by atoms with van der Waals surface area (Å²) in [7, 11) is 0.396. The van der Waals surface area contributed by atoms with Gasteiger partial charge in [0.15, 0.2) is 0 Å². The van der Waals surface area contributed by atoms with Gasteiger partial charge in [-0.25, -0.2) is 12.4 Å². The number of fused-ring (bicyclic) bond motifs is 1. The van der Waals surface area contributed by atoms with Gasteiger partial charge in [0.25, 0.3) is 10.0 Å². The van der Waals surface area contributed by atoms with Gasteiger partial charge >= 0.3 is 0 Å². The molecule has 2 aromatic carbocycles. The van der Waals surface area contributed by atoms with Gasteiger partial charge in [0.05, 0.1) is 22.0 Å². The number of nitriles is 1. The minimum atomic E-state index is -3.70. The van der Waals surface area contributed by atoms with Crippen molar-refractivity contribution in [3.05, 3.63) is 65.4 Å². The van der Waals surface area contributed by atoms with E-state index in [0.29, 0.717) is 22.9 Å². The van der Waals surface area contributed by atoms with Gasteiger partial charge in [-0.15, -0.1) is 0 Å². The molecule has 144 valence electrons. The van der Waals surface area contributed by atoms with E-state index in [0.717, 1.165) is 29.5 Å². The van der Waals surface area contributed by atoms with Crippen molar-refractivity contribution < 1.29 is 8.42 Å². The minimum absolute atomic E-state index is 0.270. The van der Waals surface area contributed by atoms with Crippen molar-refractivity contribution in [1.29, 1.82) is 5.26 Å². The fraction of sp³-hybridized carbons (Fsp3) is 0.318. The average Bonchev–Trinajstić information content (AvgIpc) is 3.29. The molecule has 6 heteroatoms. The molecule has 0 amide bonds. The second-order valence-electron chi connectivity index (χ2n) is 7.91. The van der Waals surface area contributed by atoms with E-state index in [1.807, 2.05) is 27.1 Å². The first-order valence-corrected chi connectivity index (χ1v) is 10.8. The van der Waals surface area contributed by atoms with Gasteiger partial charge in [0.1, 0.15) is 0 Å². The molecule has 0 N–H and O–H groups in total. The molecule has 2 atom stereocenters. The molecule has 3 aromatic rings. The molecule has 0 bridgehead atoms. The van der Waals surface area contributed by atoms with Gasteiger partial charge in [-0.1, -0.05) is 17.7 Å². The molecule has 0 unspecified atom stereocenters. The Morgan fingerprint density at radius 2 is 1.89 bits per heavy atom. The standard InChI is InChI=1S/C22H23N3O2S/c1-15-4-7-18(8-5-15)28(26,27)25-14-21(19-11-17(19)13-24(2)3)20-10-16(12-23)6-9-22(20)25/h4-10,14,17,19H,11,13H2,1-3H3/t17-,19-/m0/s1. The Kier molecular flexibility index (Phi) is 4.53. The van der Waals surface area contributed by atoms with Crippen LogP contribution in [0.2, 0.25) is 0 Å². The summed E-state index contributed by atoms with van der Waals surface area (Å²) in [4.78, 5) is 2.43. The molecular formula is C22H23N3O2S. The molecule has 0 radical (unpaired) electrons. The average molecular weight is 394 g/mol. The van der Waals surface area contributed by atoms with Crippen molar-refractivity contribution in [2.45, 2.75) is 24.2 Å². The van der Waals surface area contributed by atoms with Crippen LogP contribution < -0.4 is 0 Å². The van der Waals surface area contributed by atoms with Gasteiger partial charge < -0.3 is 4.90 Å². The Morgan fingerprint density at radius 3 is 2.54 bits per heavy atom. The number of benzene rings is 2. The molecule has 5 nitrogen and oxygen atoms in total. The zero-order valence-electron chi connectivity index (χ0n) is 16.3. The van der Waals surface area contributed by atoms with Crippen molar-refractivity contribution in [1.82, 2.24) is 8.87 Å². The quantitative estimate of drug-likeness (QED) is 0.663. The maximum absolute atomic E-state index is 13.3. The highest BCUT2D eigenvalue weighted by molar-refractivity contribution is 7.90. The highest BCUT2D eigenvalue weighted by Crippen LogP contribution is 2.50. The summed E-state index contributed by atoms with van der Waals surface area (Å²) < 4.78 is 28.0. The molecule has 1 aliphatic carbocycles. The largest absolute Gasteiger partial charge is 0.309 e. The van der Waals surface area contributed by atoms with Crippen LogP contribution >= 0.6 is 0 Å². The molecule has 1 aromatic heterocycles. The Balaban J connectivity index is 1.86. The molecule has 1 heterocycles. The predicted molar refractivity (Wildman–Crippen MR) is 110 cm³/mol. The lowest BCUT2D eigenvalue weighted by molar-refractivity contribution is 0.385. The summed E-state index contributed by atoms with van der Waals surface area (Å²) in [6.07, 6.45) is 2.81. The van der Waals surface area contributed by atoms with Crippen LogP contribution in [0.5, 0.6) is 0 Å². The van der Waals surface area contributed by atoms with Gasteiger partial charge in [0, 0.05) is 18.1 Å². The number of hydrogen-bond donors (Lipinski definition) is 0. The number of aryl methyl sites for hydroxylation is 1. The molecule has 0 aliphatic heterocycles. The molecule has 0 saturated heterocycles. The Labute approximate surface area is 165 Å². The fourth-order valence-corrected chi connectivity index (χ4v) is 5.29. The Morgan fingerprint density at radius 1 is 1.18 bits per heavy atom. The first-order chi connectivity index (χ1) is 13.3. The lowest BCUT2D eigenvalue weighted by Gasteiger charge is -2.08. The van der Waals surface area contributed by atoms with Gasteiger partial charge in [-0.3, -0.25) is 0 Å². The third-order valence-corrected chi connectivity index (χ3v) is 7.12. The fourth-order valence-electron chi connectivity index (χ4n) is 3.91. The minimum Gasteiger partial charge on any atom is -0.309 e. The number of nitrogens with zero attached hydrogens (tertiary/aromatic N) is 3. The molecule has 1 fully saturated rings. The number of hydrogen-bond acceptors (Lipinski definition) is 4. The van der Waals surface area contributed by atoms with Crippen LogP contribution in [-0.4, -0.2) is 37.9 Å². The summed E-state index contributed by atoms with van der Waals surface area (Å²) in [5.74, 6) is 0.843. The van der Waals surface area contributed by atoms with Crippen molar-refractivity contribution >= 4 is 20.9 Å². The van der Waals surface area contributed by atoms with Crippen molar-refractivity contribution in [3.8, 4) is 6.07 Å². The molecular weight excluding hydrogens is 370 g/mol. The molecule has 0 spiro atoms. The van der Waals surface area contributed by atoms with E-state index in [9.17, 15) is 13.7 Å². The monoisotopic (exact) mass is 393 g/mol. The molecule has 28 heavy (non-hydrogen) atoms. The van der Waals surface area contributed by atoms with Gasteiger partial charge in [0.2, 0.25) is 0 Å². The van der Waals surface area contributed by atoms with Crippen LogP contribution in [0.25, 0.3) is 10.9 Å². The Bertz CT molecular complexity index is 1180. The molecule has 1 saturated carbocycles. The number of aromatic nitrogens is 1. The van der Waals surface area contributed by atoms with Crippen molar-refractivity contribution in [2.75, 3.05) is 20.6 Å². The predicted octanol–water partition coefficient (Wildman–Crippen LogP) is 3.72. The summed E-state index contributed by atoms with van der Waals surface area (Å²) in [5.41, 5.74) is 3.21. The maximum atomic E-state index is 13.3. The van der Waals surface area contributed by atoms with Crippen LogP contribution in [0.1, 0.15) is 29.0 Å². The third kappa shape index (κ3) is 3.21. The van der Waals surface area contributed by atoms with Crippen molar-refractivity contribution in [2.24, 2.45) is 5.92 Å². The number of rotatable bonds is 5. The second kappa shape index (κ2) is 6.77. The van der Waals surface area contributed by atoms with Crippen LogP contribution in [-0.2, 0) is 10.0 Å². The SMILES string of the molecule is Cc1ccc(S(=O)(=O)n2cc([C@H]3C[C@H]3CN(C)C)c3cc(C#N)ccc32)cc1. The highest BCUT2D eigenvalue weighted by atomic mass is 32.2. The summed E-state index contributed by atoms with van der Waals surface area (Å²) in [6, 6.07) is 14.3. The van der Waals surface area contributed by atoms with E-state index >= 15 is 0 Å².